The molecule has 0 bridgehead atoms. The number of allylic oxidation sites excluding steroid dienone is 10. The van der Waals surface area contributed by atoms with Crippen molar-refractivity contribution in [3.8, 4) is 0 Å². The average Bonchev–Trinajstić information content (AvgIpc) is 2.78. The first kappa shape index (κ1) is 29.1. The zero-order valence-corrected chi connectivity index (χ0v) is 19.6. The molecule has 0 aromatic heterocycles. The van der Waals surface area contributed by atoms with Crippen LogP contribution in [0.1, 0.15) is 77.6 Å². The van der Waals surface area contributed by atoms with Gasteiger partial charge in [0.1, 0.15) is 0 Å². The summed E-state index contributed by atoms with van der Waals surface area (Å²) in [7, 11) is 0. The Hall–Kier alpha value is -1.91. The van der Waals surface area contributed by atoms with E-state index in [1.807, 2.05) is 0 Å². The molecule has 1 amide bonds. The van der Waals surface area contributed by atoms with Crippen molar-refractivity contribution in [3.63, 3.8) is 0 Å². The molecule has 31 heavy (non-hydrogen) atoms. The fourth-order valence-corrected chi connectivity index (χ4v) is 2.86. The molecule has 0 unspecified atom stereocenters. The Morgan fingerprint density at radius 1 is 0.742 bits per heavy atom. The van der Waals surface area contributed by atoms with Crippen molar-refractivity contribution in [1.82, 2.24) is 5.32 Å². The Labute approximate surface area is 190 Å². The average molecular weight is 432 g/mol. The van der Waals surface area contributed by atoms with E-state index in [2.05, 4.69) is 73.0 Å². The zero-order valence-electron chi connectivity index (χ0n) is 19.6. The lowest BCUT2D eigenvalue weighted by molar-refractivity contribution is -0.121. The number of hydrogen-bond donors (Lipinski definition) is 3. The summed E-state index contributed by atoms with van der Waals surface area (Å²) in [5.74, 6) is 0.0763. The Balaban J connectivity index is 3.52. The highest BCUT2D eigenvalue weighted by Crippen LogP contribution is 2.06. The summed E-state index contributed by atoms with van der Waals surface area (Å²) in [6.45, 7) is 2.87. The fourth-order valence-electron chi connectivity index (χ4n) is 2.86. The maximum atomic E-state index is 11.8. The van der Waals surface area contributed by atoms with Crippen LogP contribution >= 0.6 is 0 Å². The van der Waals surface area contributed by atoms with E-state index in [1.165, 1.54) is 0 Å². The number of aliphatic hydroxyl groups excluding tert-OH is 2. The number of nitrogens with one attached hydrogen (secondary N) is 1. The second-order valence-electron chi connectivity index (χ2n) is 7.68. The summed E-state index contributed by atoms with van der Waals surface area (Å²) >= 11 is 0. The first-order valence-corrected chi connectivity index (χ1v) is 12.0. The number of hydrogen-bond acceptors (Lipinski definition) is 3. The van der Waals surface area contributed by atoms with Crippen LogP contribution in [0.25, 0.3) is 0 Å². The summed E-state index contributed by atoms with van der Waals surface area (Å²) in [5.41, 5.74) is 0. The molecule has 0 heterocycles. The molecule has 0 aliphatic carbocycles. The molecule has 0 saturated heterocycles. The highest BCUT2D eigenvalue weighted by molar-refractivity contribution is 5.75. The lowest BCUT2D eigenvalue weighted by Gasteiger charge is -2.10. The van der Waals surface area contributed by atoms with Gasteiger partial charge in [0.15, 0.2) is 0 Å². The Kier molecular flexibility index (Phi) is 22.9. The third-order valence-corrected chi connectivity index (χ3v) is 4.81. The maximum absolute atomic E-state index is 11.8. The summed E-state index contributed by atoms with van der Waals surface area (Å²) < 4.78 is 0. The normalized spacial score (nSPS) is 12.6. The largest absolute Gasteiger partial charge is 0.396 e. The molecule has 0 aliphatic rings. The smallest absolute Gasteiger partial charge is 0.220 e. The molecule has 0 aromatic carbocycles. The van der Waals surface area contributed by atoms with Crippen LogP contribution in [0.2, 0.25) is 0 Å². The molecular weight excluding hydrogens is 386 g/mol. The third kappa shape index (κ3) is 22.6. The van der Waals surface area contributed by atoms with Crippen molar-refractivity contribution in [1.29, 1.82) is 0 Å². The molecule has 0 saturated carbocycles. The van der Waals surface area contributed by atoms with Gasteiger partial charge in [0.2, 0.25) is 5.91 Å². The predicted octanol–water partition coefficient (Wildman–Crippen LogP) is 5.80. The van der Waals surface area contributed by atoms with Crippen molar-refractivity contribution in [3.05, 3.63) is 60.8 Å². The van der Waals surface area contributed by atoms with Crippen molar-refractivity contribution >= 4 is 5.91 Å². The molecule has 0 spiro atoms. The molecule has 0 rings (SSSR count). The van der Waals surface area contributed by atoms with E-state index in [-0.39, 0.29) is 25.0 Å². The standard InChI is InChI=1S/C27H45NO3/c1-2-3-4-5-6-7-8-9-10-11-12-13-14-15-16-17-18-22-27(31)28-23-20-19-21-26(24-29)25-30/h3-4,6-7,9-10,12-13,15-16,26,29-30H,2,5,8,11,14,17-25H2,1H3,(H,28,31)/b4-3-,7-6-,10-9-,13-12-,16-15-. The van der Waals surface area contributed by atoms with E-state index in [4.69, 9.17) is 10.2 Å². The summed E-state index contributed by atoms with van der Waals surface area (Å²) in [6.07, 6.45) is 31.8. The van der Waals surface area contributed by atoms with Crippen LogP contribution in [0.3, 0.4) is 0 Å². The molecule has 176 valence electrons. The van der Waals surface area contributed by atoms with Gasteiger partial charge in [0, 0.05) is 32.1 Å². The van der Waals surface area contributed by atoms with E-state index >= 15 is 0 Å². The van der Waals surface area contributed by atoms with Crippen molar-refractivity contribution in [2.75, 3.05) is 19.8 Å². The van der Waals surface area contributed by atoms with Gasteiger partial charge in [-0.1, -0.05) is 74.1 Å². The van der Waals surface area contributed by atoms with Crippen LogP contribution in [0.5, 0.6) is 0 Å². The topological polar surface area (TPSA) is 69.6 Å². The van der Waals surface area contributed by atoms with Gasteiger partial charge in [-0.15, -0.1) is 0 Å². The van der Waals surface area contributed by atoms with Crippen LogP contribution < -0.4 is 5.32 Å². The Bertz CT molecular complexity index is 543. The number of unbranched alkanes of at least 4 members (excludes halogenated alkanes) is 2. The monoisotopic (exact) mass is 431 g/mol. The number of carbonyl (C=O) groups excluding carboxylic acids is 1. The highest BCUT2D eigenvalue weighted by atomic mass is 16.3. The summed E-state index contributed by atoms with van der Waals surface area (Å²) in [4.78, 5) is 11.8. The molecule has 3 N–H and O–H groups in total. The molecule has 0 radical (unpaired) electrons. The van der Waals surface area contributed by atoms with Crippen LogP contribution in [0.15, 0.2) is 60.8 Å². The third-order valence-electron chi connectivity index (χ3n) is 4.81. The fraction of sp³-hybridized carbons (Fsp3) is 0.593. The van der Waals surface area contributed by atoms with Gasteiger partial charge in [-0.05, 0) is 57.8 Å². The first-order valence-electron chi connectivity index (χ1n) is 12.0. The molecule has 0 fully saturated rings. The maximum Gasteiger partial charge on any atom is 0.220 e. The van der Waals surface area contributed by atoms with E-state index < -0.39 is 0 Å². The number of rotatable bonds is 20. The zero-order chi connectivity index (χ0) is 22.8. The number of aliphatic hydroxyl groups is 2. The second-order valence-corrected chi connectivity index (χ2v) is 7.68. The number of amides is 1. The minimum atomic E-state index is -0.0285. The summed E-state index contributed by atoms with van der Waals surface area (Å²) in [5, 5.41) is 20.9. The van der Waals surface area contributed by atoms with Gasteiger partial charge >= 0.3 is 0 Å². The van der Waals surface area contributed by atoms with Gasteiger partial charge in [0.05, 0.1) is 0 Å². The molecule has 4 heteroatoms. The quantitative estimate of drug-likeness (QED) is 0.169. The molecular formula is C27H45NO3. The van der Waals surface area contributed by atoms with Gasteiger partial charge in [-0.3, -0.25) is 4.79 Å². The van der Waals surface area contributed by atoms with Crippen molar-refractivity contribution in [2.45, 2.75) is 77.6 Å². The molecule has 0 aliphatic heterocycles. The second kappa shape index (κ2) is 24.4. The van der Waals surface area contributed by atoms with Gasteiger partial charge in [-0.2, -0.15) is 0 Å². The molecule has 4 nitrogen and oxygen atoms in total. The molecule has 0 atom stereocenters. The SMILES string of the molecule is CC/C=C\C/C=C\C/C=C\C/C=C\C/C=C\CCCC(=O)NCCCCC(CO)CO. The highest BCUT2D eigenvalue weighted by Gasteiger charge is 2.05. The lowest BCUT2D eigenvalue weighted by atomic mass is 10.0. The lowest BCUT2D eigenvalue weighted by Crippen LogP contribution is -2.24. The van der Waals surface area contributed by atoms with Crippen LogP contribution in [0, 0.1) is 5.92 Å². The first-order chi connectivity index (χ1) is 15.2. The van der Waals surface area contributed by atoms with E-state index in [0.717, 1.165) is 64.2 Å². The van der Waals surface area contributed by atoms with Crippen LogP contribution in [-0.2, 0) is 4.79 Å². The van der Waals surface area contributed by atoms with Gasteiger partial charge < -0.3 is 15.5 Å². The number of carbonyl (C=O) groups is 1. The summed E-state index contributed by atoms with van der Waals surface area (Å²) in [6, 6.07) is 0. The molecule has 0 aromatic rings. The van der Waals surface area contributed by atoms with E-state index in [1.54, 1.807) is 0 Å². The van der Waals surface area contributed by atoms with Gasteiger partial charge in [0.25, 0.3) is 0 Å². The van der Waals surface area contributed by atoms with Crippen LogP contribution in [0.4, 0.5) is 0 Å². The van der Waals surface area contributed by atoms with Gasteiger partial charge in [-0.25, -0.2) is 0 Å². The minimum Gasteiger partial charge on any atom is -0.396 e. The predicted molar refractivity (Wildman–Crippen MR) is 133 cm³/mol. The van der Waals surface area contributed by atoms with E-state index in [0.29, 0.717) is 13.0 Å². The Morgan fingerprint density at radius 3 is 1.77 bits per heavy atom. The van der Waals surface area contributed by atoms with E-state index in [9.17, 15) is 4.79 Å². The minimum absolute atomic E-state index is 0.0264. The van der Waals surface area contributed by atoms with Crippen LogP contribution in [-0.4, -0.2) is 35.9 Å². The van der Waals surface area contributed by atoms with Crippen molar-refractivity contribution < 1.29 is 15.0 Å². The van der Waals surface area contributed by atoms with Crippen molar-refractivity contribution in [2.24, 2.45) is 5.92 Å². The Morgan fingerprint density at radius 2 is 1.26 bits per heavy atom.